The minimum atomic E-state index is -1.34. The summed E-state index contributed by atoms with van der Waals surface area (Å²) >= 11 is 0. The van der Waals surface area contributed by atoms with Crippen molar-refractivity contribution >= 4 is 17.3 Å². The van der Waals surface area contributed by atoms with Crippen LogP contribution in [-0.4, -0.2) is 51.6 Å². The molecule has 0 aliphatic carbocycles. The van der Waals surface area contributed by atoms with E-state index < -0.39 is 17.3 Å². The Kier molecular flexibility index (Phi) is 6.90. The van der Waals surface area contributed by atoms with Gasteiger partial charge in [0.2, 0.25) is 0 Å². The predicted octanol–water partition coefficient (Wildman–Crippen LogP) is 1.60. The van der Waals surface area contributed by atoms with Crippen molar-refractivity contribution in [2.45, 2.75) is 6.42 Å². The lowest BCUT2D eigenvalue weighted by Gasteiger charge is -2.26. The van der Waals surface area contributed by atoms with E-state index in [9.17, 15) is 9.18 Å². The molecule has 0 saturated heterocycles. The van der Waals surface area contributed by atoms with E-state index in [0.29, 0.717) is 32.0 Å². The van der Waals surface area contributed by atoms with Crippen molar-refractivity contribution in [2.75, 3.05) is 51.2 Å². The lowest BCUT2D eigenvalue weighted by atomic mass is 10.1. The molecule has 0 atom stereocenters. The number of nitrogens with two attached hydrogens (primary N) is 1. The van der Waals surface area contributed by atoms with Crippen molar-refractivity contribution in [1.29, 1.82) is 0 Å². The summed E-state index contributed by atoms with van der Waals surface area (Å²) in [5.41, 5.74) is 6.12. The number of benzene rings is 1. The van der Waals surface area contributed by atoms with Gasteiger partial charge in [-0.25, -0.2) is 9.18 Å². The first-order valence-corrected chi connectivity index (χ1v) is 6.56. The van der Waals surface area contributed by atoms with Crippen molar-refractivity contribution in [3.63, 3.8) is 0 Å². The number of nitrogens with zero attached hydrogens (tertiary/aromatic N) is 1. The summed E-state index contributed by atoms with van der Waals surface area (Å²) in [6.45, 7) is 2.15. The second-order valence-electron chi connectivity index (χ2n) is 4.52. The van der Waals surface area contributed by atoms with Gasteiger partial charge in [-0.3, -0.25) is 0 Å². The molecule has 0 unspecified atom stereocenters. The Balaban J connectivity index is 2.99. The monoisotopic (exact) mass is 300 g/mol. The predicted molar refractivity (Wildman–Crippen MR) is 78.4 cm³/mol. The molecule has 0 amide bonds. The van der Waals surface area contributed by atoms with E-state index in [1.807, 2.05) is 4.90 Å². The standard InChI is InChI=1S/C14H21FN2O4/c1-20-6-3-4-17(5-7-21-2)13-9-11(15)10(14(18)19)8-12(13)16/h8-9H,3-7,16H2,1-2H3,(H,18,19). The van der Waals surface area contributed by atoms with Gasteiger partial charge >= 0.3 is 5.97 Å². The molecule has 0 bridgehead atoms. The first kappa shape index (κ1) is 17.2. The number of ether oxygens (including phenoxy) is 2. The van der Waals surface area contributed by atoms with E-state index in [-0.39, 0.29) is 5.69 Å². The van der Waals surface area contributed by atoms with Gasteiger partial charge in [0.15, 0.2) is 0 Å². The van der Waals surface area contributed by atoms with Crippen LogP contribution >= 0.6 is 0 Å². The minimum absolute atomic E-state index is 0.224. The highest BCUT2D eigenvalue weighted by Crippen LogP contribution is 2.27. The zero-order valence-electron chi connectivity index (χ0n) is 12.3. The zero-order chi connectivity index (χ0) is 15.8. The number of anilines is 2. The highest BCUT2D eigenvalue weighted by atomic mass is 19.1. The van der Waals surface area contributed by atoms with Gasteiger partial charge in [-0.15, -0.1) is 0 Å². The van der Waals surface area contributed by atoms with Gasteiger partial charge in [-0.05, 0) is 12.5 Å². The molecule has 118 valence electrons. The van der Waals surface area contributed by atoms with Crippen LogP contribution in [0.5, 0.6) is 0 Å². The zero-order valence-corrected chi connectivity index (χ0v) is 12.3. The summed E-state index contributed by atoms with van der Waals surface area (Å²) in [4.78, 5) is 12.7. The molecule has 1 aromatic carbocycles. The highest BCUT2D eigenvalue weighted by Gasteiger charge is 2.17. The number of halogens is 1. The molecule has 7 heteroatoms. The number of carbonyl (C=O) groups is 1. The number of hydrogen-bond donors (Lipinski definition) is 2. The average Bonchev–Trinajstić information content (AvgIpc) is 2.44. The topological polar surface area (TPSA) is 85.0 Å². The molecule has 21 heavy (non-hydrogen) atoms. The summed E-state index contributed by atoms with van der Waals surface area (Å²) in [6, 6.07) is 2.30. The third-order valence-electron chi connectivity index (χ3n) is 3.03. The molecular formula is C14H21FN2O4. The van der Waals surface area contributed by atoms with Crippen molar-refractivity contribution < 1.29 is 23.8 Å². The van der Waals surface area contributed by atoms with Gasteiger partial charge in [-0.1, -0.05) is 0 Å². The van der Waals surface area contributed by atoms with Crippen molar-refractivity contribution in [2.24, 2.45) is 0 Å². The van der Waals surface area contributed by atoms with E-state index in [1.165, 1.54) is 0 Å². The minimum Gasteiger partial charge on any atom is -0.478 e. The van der Waals surface area contributed by atoms with E-state index in [1.54, 1.807) is 14.2 Å². The van der Waals surface area contributed by atoms with E-state index in [0.717, 1.165) is 18.6 Å². The molecule has 0 spiro atoms. The van der Waals surface area contributed by atoms with Gasteiger partial charge in [0.1, 0.15) is 5.82 Å². The fraction of sp³-hybridized carbons (Fsp3) is 0.500. The van der Waals surface area contributed by atoms with Gasteiger partial charge < -0.3 is 25.2 Å². The fourth-order valence-electron chi connectivity index (χ4n) is 1.97. The maximum Gasteiger partial charge on any atom is 0.338 e. The molecular weight excluding hydrogens is 279 g/mol. The fourth-order valence-corrected chi connectivity index (χ4v) is 1.97. The molecule has 1 rings (SSSR count). The first-order chi connectivity index (χ1) is 10.0. The van der Waals surface area contributed by atoms with Gasteiger partial charge in [0.05, 0.1) is 23.5 Å². The number of methoxy groups -OCH3 is 2. The molecule has 0 heterocycles. The molecule has 0 radical (unpaired) electrons. The van der Waals surface area contributed by atoms with Crippen LogP contribution in [0.3, 0.4) is 0 Å². The molecule has 0 fully saturated rings. The Morgan fingerprint density at radius 2 is 1.95 bits per heavy atom. The molecule has 0 aliphatic heterocycles. The van der Waals surface area contributed by atoms with Gasteiger partial charge in [0, 0.05) is 40.0 Å². The number of nitrogen functional groups attached to an aromatic ring is 1. The number of rotatable bonds is 9. The van der Waals surface area contributed by atoms with Gasteiger partial charge in [0.25, 0.3) is 0 Å². The van der Waals surface area contributed by atoms with Crippen LogP contribution in [-0.2, 0) is 9.47 Å². The van der Waals surface area contributed by atoms with E-state index in [4.69, 9.17) is 20.3 Å². The highest BCUT2D eigenvalue weighted by molar-refractivity contribution is 5.90. The lowest BCUT2D eigenvalue weighted by Crippen LogP contribution is -2.30. The Morgan fingerprint density at radius 3 is 2.52 bits per heavy atom. The van der Waals surface area contributed by atoms with E-state index >= 15 is 0 Å². The quantitative estimate of drug-likeness (QED) is 0.532. The van der Waals surface area contributed by atoms with E-state index in [2.05, 4.69) is 0 Å². The SMILES string of the molecule is COCCCN(CCOC)c1cc(F)c(C(=O)O)cc1N. The number of hydrogen-bond acceptors (Lipinski definition) is 5. The first-order valence-electron chi connectivity index (χ1n) is 6.56. The molecule has 0 saturated carbocycles. The van der Waals surface area contributed by atoms with Crippen molar-refractivity contribution in [1.82, 2.24) is 0 Å². The lowest BCUT2D eigenvalue weighted by molar-refractivity contribution is 0.0692. The molecule has 0 aliphatic rings. The van der Waals surface area contributed by atoms with Crippen LogP contribution in [0.25, 0.3) is 0 Å². The van der Waals surface area contributed by atoms with Crippen molar-refractivity contribution in [3.8, 4) is 0 Å². The smallest absolute Gasteiger partial charge is 0.338 e. The summed E-state index contributed by atoms with van der Waals surface area (Å²) in [7, 11) is 3.18. The van der Waals surface area contributed by atoms with Crippen LogP contribution in [0.15, 0.2) is 12.1 Å². The summed E-state index contributed by atoms with van der Waals surface area (Å²) < 4.78 is 23.9. The normalized spacial score (nSPS) is 10.6. The van der Waals surface area contributed by atoms with Crippen LogP contribution < -0.4 is 10.6 Å². The van der Waals surface area contributed by atoms with Gasteiger partial charge in [-0.2, -0.15) is 0 Å². The van der Waals surface area contributed by atoms with Crippen LogP contribution in [0.1, 0.15) is 16.8 Å². The average molecular weight is 300 g/mol. The van der Waals surface area contributed by atoms with Crippen molar-refractivity contribution in [3.05, 3.63) is 23.5 Å². The number of carboxylic acids is 1. The Hall–Kier alpha value is -1.86. The second-order valence-corrected chi connectivity index (χ2v) is 4.52. The number of carboxylic acid groups (broad SMARTS) is 1. The molecule has 1 aromatic rings. The van der Waals surface area contributed by atoms with Crippen LogP contribution in [0.2, 0.25) is 0 Å². The summed E-state index contributed by atoms with van der Waals surface area (Å²) in [5.74, 6) is -2.14. The molecule has 0 aromatic heterocycles. The summed E-state index contributed by atoms with van der Waals surface area (Å²) in [5, 5.41) is 8.89. The van der Waals surface area contributed by atoms with Crippen LogP contribution in [0.4, 0.5) is 15.8 Å². The Morgan fingerprint density at radius 1 is 1.29 bits per heavy atom. The third-order valence-corrected chi connectivity index (χ3v) is 3.03. The Labute approximate surface area is 123 Å². The molecule has 6 nitrogen and oxygen atoms in total. The van der Waals surface area contributed by atoms with Crippen LogP contribution in [0, 0.1) is 5.82 Å². The summed E-state index contributed by atoms with van der Waals surface area (Å²) in [6.07, 6.45) is 0.738. The largest absolute Gasteiger partial charge is 0.478 e. The maximum atomic E-state index is 13.8. The Bertz CT molecular complexity index is 482. The number of aromatic carboxylic acids is 1. The second kappa shape index (κ2) is 8.43. The third kappa shape index (κ3) is 4.87. The molecule has 3 N–H and O–H groups in total. The maximum absolute atomic E-state index is 13.8.